The van der Waals surface area contributed by atoms with Gasteiger partial charge in [0.25, 0.3) is 5.91 Å². The maximum Gasteiger partial charge on any atom is 0.279 e. The first kappa shape index (κ1) is 23.4. The highest BCUT2D eigenvalue weighted by Gasteiger charge is 2.23. The van der Waals surface area contributed by atoms with Crippen LogP contribution in [0.1, 0.15) is 48.2 Å². The summed E-state index contributed by atoms with van der Waals surface area (Å²) in [5.41, 5.74) is 3.74. The van der Waals surface area contributed by atoms with Gasteiger partial charge in [-0.3, -0.25) is 4.79 Å². The summed E-state index contributed by atoms with van der Waals surface area (Å²) in [5.74, 6) is -0.389. The Labute approximate surface area is 187 Å². The highest BCUT2D eigenvalue weighted by atomic mass is 32.2. The lowest BCUT2D eigenvalue weighted by Gasteiger charge is -2.21. The molecule has 0 unspecified atom stereocenters. The van der Waals surface area contributed by atoms with E-state index in [1.165, 1.54) is 45.5 Å². The number of sulfonamides is 1. The summed E-state index contributed by atoms with van der Waals surface area (Å²) in [5, 5.41) is 0. The van der Waals surface area contributed by atoms with Gasteiger partial charge in [-0.15, -0.1) is 0 Å². The molecule has 0 spiro atoms. The summed E-state index contributed by atoms with van der Waals surface area (Å²) in [7, 11) is -1.67. The lowest BCUT2D eigenvalue weighted by molar-refractivity contribution is 0.0998. The van der Waals surface area contributed by atoms with Crippen molar-refractivity contribution in [2.24, 2.45) is 12.0 Å². The summed E-state index contributed by atoms with van der Waals surface area (Å²) in [6.45, 7) is 8.97. The second-order valence-corrected chi connectivity index (χ2v) is 10.7. The molecule has 1 heterocycles. The number of nitrogens with zero attached hydrogens (tertiary/aromatic N) is 3. The van der Waals surface area contributed by atoms with Crippen molar-refractivity contribution in [3.05, 3.63) is 57.9 Å². The average molecular weight is 460 g/mol. The molecular formula is C23H29N3O3S2. The zero-order chi connectivity index (χ0) is 22.8. The zero-order valence-electron chi connectivity index (χ0n) is 18.7. The number of aryl methyl sites for hydroxylation is 3. The molecule has 2 aromatic carbocycles. The Morgan fingerprint density at radius 1 is 1.06 bits per heavy atom. The number of thiazole rings is 1. The van der Waals surface area contributed by atoms with Crippen molar-refractivity contribution in [1.29, 1.82) is 0 Å². The molecule has 0 aliphatic rings. The second kappa shape index (κ2) is 9.46. The molecule has 0 saturated carbocycles. The van der Waals surface area contributed by atoms with Crippen LogP contribution in [0.25, 0.3) is 10.2 Å². The number of carbonyl (C=O) groups is 1. The van der Waals surface area contributed by atoms with Crippen LogP contribution in [0.5, 0.6) is 0 Å². The van der Waals surface area contributed by atoms with Gasteiger partial charge < -0.3 is 4.57 Å². The van der Waals surface area contributed by atoms with Crippen molar-refractivity contribution in [3.8, 4) is 0 Å². The fourth-order valence-electron chi connectivity index (χ4n) is 3.71. The van der Waals surface area contributed by atoms with Gasteiger partial charge in [0.2, 0.25) is 10.0 Å². The highest BCUT2D eigenvalue weighted by molar-refractivity contribution is 7.89. The third kappa shape index (κ3) is 4.81. The molecule has 0 aliphatic heterocycles. The van der Waals surface area contributed by atoms with Crippen molar-refractivity contribution < 1.29 is 13.2 Å². The van der Waals surface area contributed by atoms with E-state index in [9.17, 15) is 13.2 Å². The lowest BCUT2D eigenvalue weighted by Crippen LogP contribution is -2.32. The van der Waals surface area contributed by atoms with Crippen molar-refractivity contribution >= 4 is 37.5 Å². The third-order valence-corrected chi connectivity index (χ3v) is 8.11. The molecule has 8 heteroatoms. The largest absolute Gasteiger partial charge is 0.319 e. The Hall–Kier alpha value is -2.29. The molecule has 6 nitrogen and oxygen atoms in total. The van der Waals surface area contributed by atoms with Gasteiger partial charge in [-0.25, -0.2) is 8.42 Å². The summed E-state index contributed by atoms with van der Waals surface area (Å²) in [6, 6.07) is 10.3. The molecule has 1 amide bonds. The number of benzene rings is 2. The van der Waals surface area contributed by atoms with Crippen LogP contribution in [-0.4, -0.2) is 36.3 Å². The van der Waals surface area contributed by atoms with Gasteiger partial charge in [0.15, 0.2) is 4.80 Å². The zero-order valence-corrected chi connectivity index (χ0v) is 20.3. The van der Waals surface area contributed by atoms with Gasteiger partial charge in [0, 0.05) is 25.7 Å². The predicted octanol–water partition coefficient (Wildman–Crippen LogP) is 4.41. The Kier molecular flexibility index (Phi) is 7.13. The molecule has 0 aliphatic carbocycles. The number of fused-ring (bicyclic) bond motifs is 1. The minimum Gasteiger partial charge on any atom is -0.319 e. The van der Waals surface area contributed by atoms with Crippen LogP contribution in [0, 0.1) is 13.8 Å². The first-order valence-electron chi connectivity index (χ1n) is 10.4. The first-order valence-corrected chi connectivity index (χ1v) is 12.7. The van der Waals surface area contributed by atoms with E-state index in [2.05, 4.69) is 17.1 Å². The van der Waals surface area contributed by atoms with E-state index in [0.29, 0.717) is 23.5 Å². The molecule has 0 N–H and O–H groups in total. The highest BCUT2D eigenvalue weighted by Crippen LogP contribution is 2.22. The summed E-state index contributed by atoms with van der Waals surface area (Å²) < 4.78 is 30.3. The molecule has 0 radical (unpaired) electrons. The standard InChI is InChI=1S/C23H29N3O3S2/c1-6-12-26(13-7-2)31(28,29)19-10-8-18(9-11-19)22(27)24-23-25(5)21-17(4)14-16(3)15-20(21)30-23/h8-11,14-15H,6-7,12-13H2,1-5H3. The number of hydrogen-bond acceptors (Lipinski definition) is 4. The molecule has 166 valence electrons. The smallest absolute Gasteiger partial charge is 0.279 e. The quantitative estimate of drug-likeness (QED) is 0.525. The maximum atomic E-state index is 12.9. The second-order valence-electron chi connectivity index (χ2n) is 7.72. The van der Waals surface area contributed by atoms with Gasteiger partial charge >= 0.3 is 0 Å². The van der Waals surface area contributed by atoms with Gasteiger partial charge in [-0.2, -0.15) is 9.30 Å². The SMILES string of the molecule is CCCN(CCC)S(=O)(=O)c1ccc(C(=O)N=c2sc3cc(C)cc(C)c3n2C)cc1. The maximum absolute atomic E-state index is 12.9. The summed E-state index contributed by atoms with van der Waals surface area (Å²) >= 11 is 1.47. The van der Waals surface area contributed by atoms with E-state index in [4.69, 9.17) is 0 Å². The molecule has 0 saturated heterocycles. The molecular weight excluding hydrogens is 430 g/mol. The Balaban J connectivity index is 1.93. The Morgan fingerprint density at radius 3 is 2.26 bits per heavy atom. The van der Waals surface area contributed by atoms with E-state index in [-0.39, 0.29) is 10.8 Å². The van der Waals surface area contributed by atoms with E-state index in [1.807, 2.05) is 39.3 Å². The van der Waals surface area contributed by atoms with Crippen molar-refractivity contribution in [2.45, 2.75) is 45.4 Å². The number of amides is 1. The summed E-state index contributed by atoms with van der Waals surface area (Å²) in [6.07, 6.45) is 1.50. The molecule has 3 rings (SSSR count). The summed E-state index contributed by atoms with van der Waals surface area (Å²) in [4.78, 5) is 17.9. The number of carbonyl (C=O) groups excluding carboxylic acids is 1. The van der Waals surface area contributed by atoms with E-state index in [0.717, 1.165) is 28.6 Å². The van der Waals surface area contributed by atoms with E-state index < -0.39 is 10.0 Å². The van der Waals surface area contributed by atoms with E-state index >= 15 is 0 Å². The molecule has 31 heavy (non-hydrogen) atoms. The number of rotatable bonds is 7. The average Bonchev–Trinajstić information content (AvgIpc) is 3.03. The lowest BCUT2D eigenvalue weighted by atomic mass is 10.1. The van der Waals surface area contributed by atoms with Crippen LogP contribution >= 0.6 is 11.3 Å². The molecule has 3 aromatic rings. The Morgan fingerprint density at radius 2 is 1.68 bits per heavy atom. The molecule has 0 fully saturated rings. The molecule has 0 atom stereocenters. The number of aromatic nitrogens is 1. The van der Waals surface area contributed by atoms with Crippen LogP contribution in [0.15, 0.2) is 46.3 Å². The fourth-order valence-corrected chi connectivity index (χ4v) is 6.53. The number of hydrogen-bond donors (Lipinski definition) is 0. The van der Waals surface area contributed by atoms with Gasteiger partial charge in [0.05, 0.1) is 15.1 Å². The van der Waals surface area contributed by atoms with Gasteiger partial charge in [0.1, 0.15) is 0 Å². The van der Waals surface area contributed by atoms with Crippen LogP contribution in [0.3, 0.4) is 0 Å². The van der Waals surface area contributed by atoms with Crippen molar-refractivity contribution in [2.75, 3.05) is 13.1 Å². The van der Waals surface area contributed by atoms with Gasteiger partial charge in [-0.1, -0.05) is 31.3 Å². The van der Waals surface area contributed by atoms with Crippen LogP contribution in [-0.2, 0) is 17.1 Å². The first-order chi connectivity index (χ1) is 14.7. The van der Waals surface area contributed by atoms with Crippen LogP contribution in [0.2, 0.25) is 0 Å². The molecule has 0 bridgehead atoms. The van der Waals surface area contributed by atoms with E-state index in [1.54, 1.807) is 0 Å². The minimum atomic E-state index is -3.57. The fraction of sp³-hybridized carbons (Fsp3) is 0.391. The predicted molar refractivity (Wildman–Crippen MR) is 126 cm³/mol. The normalized spacial score (nSPS) is 12.8. The minimum absolute atomic E-state index is 0.199. The van der Waals surface area contributed by atoms with Gasteiger partial charge in [-0.05, 0) is 68.1 Å². The van der Waals surface area contributed by atoms with Crippen LogP contribution in [0.4, 0.5) is 0 Å². The topological polar surface area (TPSA) is 71.7 Å². The van der Waals surface area contributed by atoms with Crippen molar-refractivity contribution in [3.63, 3.8) is 0 Å². The molecule has 1 aromatic heterocycles. The monoisotopic (exact) mass is 459 g/mol. The van der Waals surface area contributed by atoms with Crippen LogP contribution < -0.4 is 4.80 Å². The third-order valence-electron chi connectivity index (χ3n) is 5.12. The Bertz CT molecular complexity index is 1260. The van der Waals surface area contributed by atoms with Crippen molar-refractivity contribution in [1.82, 2.24) is 8.87 Å².